The molecule has 0 radical (unpaired) electrons. The molecular formula is C16H25N5O2. The lowest BCUT2D eigenvalue weighted by Crippen LogP contribution is -2.38. The zero-order chi connectivity index (χ0) is 17.0. The van der Waals surface area contributed by atoms with E-state index in [0.717, 1.165) is 25.2 Å². The average molecular weight is 319 g/mol. The van der Waals surface area contributed by atoms with Gasteiger partial charge in [0.05, 0.1) is 5.69 Å². The van der Waals surface area contributed by atoms with Gasteiger partial charge in [0.25, 0.3) is 5.56 Å². The Bertz CT molecular complexity index is 740. The largest absolute Gasteiger partial charge is 0.328 e. The third kappa shape index (κ3) is 4.66. The van der Waals surface area contributed by atoms with Crippen molar-refractivity contribution >= 4 is 0 Å². The fourth-order valence-electron chi connectivity index (χ4n) is 2.62. The standard InChI is InChI=1S/C16H25N5O2/c1-12-11-15(22)20(16(23)17-12)9-8-19(4)6-5-7-21-14(3)10-13(2)18-21/h10-11H,5-9H2,1-4H3,(H,17,23). The quantitative estimate of drug-likeness (QED) is 0.814. The Kier molecular flexibility index (Phi) is 5.54. The molecule has 2 rings (SSSR count). The van der Waals surface area contributed by atoms with Crippen molar-refractivity contribution in [2.24, 2.45) is 0 Å². The van der Waals surface area contributed by atoms with Crippen LogP contribution in [0, 0.1) is 20.8 Å². The highest BCUT2D eigenvalue weighted by atomic mass is 16.2. The van der Waals surface area contributed by atoms with Crippen LogP contribution in [0.1, 0.15) is 23.5 Å². The molecule has 0 fully saturated rings. The molecule has 0 aromatic carbocycles. The summed E-state index contributed by atoms with van der Waals surface area (Å²) in [6.07, 6.45) is 0.970. The number of nitrogens with one attached hydrogen (secondary N) is 1. The van der Waals surface area contributed by atoms with Crippen LogP contribution < -0.4 is 11.2 Å². The molecule has 0 bridgehead atoms. The minimum Gasteiger partial charge on any atom is -0.311 e. The lowest BCUT2D eigenvalue weighted by atomic mass is 10.3. The Hall–Kier alpha value is -2.15. The van der Waals surface area contributed by atoms with Crippen LogP contribution in [0.25, 0.3) is 0 Å². The first-order valence-electron chi connectivity index (χ1n) is 7.87. The van der Waals surface area contributed by atoms with Crippen molar-refractivity contribution in [3.63, 3.8) is 0 Å². The number of likely N-dealkylation sites (N-methyl/N-ethyl adjacent to an activating group) is 1. The lowest BCUT2D eigenvalue weighted by molar-refractivity contribution is 0.301. The number of rotatable bonds is 7. The molecule has 0 saturated carbocycles. The van der Waals surface area contributed by atoms with E-state index in [9.17, 15) is 9.59 Å². The van der Waals surface area contributed by atoms with Crippen molar-refractivity contribution in [3.05, 3.63) is 50.1 Å². The molecule has 0 unspecified atom stereocenters. The molecule has 0 aliphatic rings. The van der Waals surface area contributed by atoms with Crippen molar-refractivity contribution in [1.82, 2.24) is 24.2 Å². The number of H-pyrrole nitrogens is 1. The monoisotopic (exact) mass is 319 g/mol. The molecule has 2 aromatic heterocycles. The van der Waals surface area contributed by atoms with Crippen molar-refractivity contribution in [2.45, 2.75) is 40.3 Å². The molecule has 0 saturated heterocycles. The molecule has 0 amide bonds. The molecule has 1 N–H and O–H groups in total. The summed E-state index contributed by atoms with van der Waals surface area (Å²) in [6, 6.07) is 3.52. The van der Waals surface area contributed by atoms with Crippen LogP contribution in [0.2, 0.25) is 0 Å². The molecule has 7 nitrogen and oxygen atoms in total. The second kappa shape index (κ2) is 7.41. The minimum atomic E-state index is -0.342. The third-order valence-corrected chi connectivity index (χ3v) is 3.87. The number of nitrogens with zero attached hydrogens (tertiary/aromatic N) is 4. The summed E-state index contributed by atoms with van der Waals surface area (Å²) >= 11 is 0. The van der Waals surface area contributed by atoms with E-state index >= 15 is 0 Å². The second-order valence-electron chi connectivity index (χ2n) is 6.05. The zero-order valence-corrected chi connectivity index (χ0v) is 14.3. The van der Waals surface area contributed by atoms with Crippen LogP contribution in [0.5, 0.6) is 0 Å². The Labute approximate surface area is 135 Å². The fourth-order valence-corrected chi connectivity index (χ4v) is 2.62. The van der Waals surface area contributed by atoms with E-state index in [-0.39, 0.29) is 11.2 Å². The Morgan fingerprint density at radius 1 is 1.13 bits per heavy atom. The predicted octanol–water partition coefficient (Wildman–Crippen LogP) is 0.680. The number of hydrogen-bond acceptors (Lipinski definition) is 4. The molecule has 7 heteroatoms. The van der Waals surface area contributed by atoms with E-state index in [1.165, 1.54) is 16.3 Å². The molecule has 126 valence electrons. The zero-order valence-electron chi connectivity index (χ0n) is 14.3. The summed E-state index contributed by atoms with van der Waals surface area (Å²) in [5.41, 5.74) is 2.21. The van der Waals surface area contributed by atoms with Gasteiger partial charge in [-0.1, -0.05) is 0 Å². The maximum atomic E-state index is 11.8. The topological polar surface area (TPSA) is 75.9 Å². The maximum absolute atomic E-state index is 11.8. The second-order valence-corrected chi connectivity index (χ2v) is 6.05. The van der Waals surface area contributed by atoms with Gasteiger partial charge in [-0.25, -0.2) is 4.79 Å². The summed E-state index contributed by atoms with van der Waals surface area (Å²) < 4.78 is 3.25. The van der Waals surface area contributed by atoms with E-state index in [4.69, 9.17) is 0 Å². The van der Waals surface area contributed by atoms with Gasteiger partial charge in [-0.3, -0.25) is 14.0 Å². The smallest absolute Gasteiger partial charge is 0.311 e. The summed E-state index contributed by atoms with van der Waals surface area (Å²) in [7, 11) is 1.99. The van der Waals surface area contributed by atoms with Gasteiger partial charge >= 0.3 is 5.69 Å². The van der Waals surface area contributed by atoms with Crippen LogP contribution in [-0.2, 0) is 13.1 Å². The first-order chi connectivity index (χ1) is 10.9. The van der Waals surface area contributed by atoms with Crippen LogP contribution in [0.3, 0.4) is 0 Å². The lowest BCUT2D eigenvalue weighted by Gasteiger charge is -2.17. The molecule has 0 aliphatic carbocycles. The molecule has 0 spiro atoms. The van der Waals surface area contributed by atoms with Crippen molar-refractivity contribution in [1.29, 1.82) is 0 Å². The van der Waals surface area contributed by atoms with Crippen molar-refractivity contribution in [2.75, 3.05) is 20.1 Å². The van der Waals surface area contributed by atoms with Crippen LogP contribution >= 0.6 is 0 Å². The third-order valence-electron chi connectivity index (χ3n) is 3.87. The van der Waals surface area contributed by atoms with Gasteiger partial charge in [-0.15, -0.1) is 0 Å². The summed E-state index contributed by atoms with van der Waals surface area (Å²) in [6.45, 7) is 8.56. The molecule has 0 atom stereocenters. The van der Waals surface area contributed by atoms with Gasteiger partial charge in [0.1, 0.15) is 0 Å². The number of aromatic nitrogens is 4. The minimum absolute atomic E-state index is 0.248. The van der Waals surface area contributed by atoms with E-state index in [1.807, 2.05) is 18.7 Å². The Morgan fingerprint density at radius 3 is 2.48 bits per heavy atom. The SMILES string of the molecule is Cc1cc(C)n(CCCN(C)CCn2c(=O)cc(C)[nH]c2=O)n1. The van der Waals surface area contributed by atoms with Gasteiger partial charge in [0.2, 0.25) is 0 Å². The first kappa shape index (κ1) is 17.2. The summed E-state index contributed by atoms with van der Waals surface area (Å²) in [5, 5.41) is 4.44. The Balaban J connectivity index is 1.82. The van der Waals surface area contributed by atoms with Crippen LogP contribution in [0.4, 0.5) is 0 Å². The molecular weight excluding hydrogens is 294 g/mol. The normalized spacial score (nSPS) is 11.3. The number of aromatic amines is 1. The van der Waals surface area contributed by atoms with E-state index in [0.29, 0.717) is 18.8 Å². The molecule has 23 heavy (non-hydrogen) atoms. The van der Waals surface area contributed by atoms with Gasteiger partial charge in [-0.2, -0.15) is 5.10 Å². The van der Waals surface area contributed by atoms with Crippen LogP contribution in [-0.4, -0.2) is 44.4 Å². The fraction of sp³-hybridized carbons (Fsp3) is 0.562. The van der Waals surface area contributed by atoms with Crippen molar-refractivity contribution < 1.29 is 0 Å². The first-order valence-corrected chi connectivity index (χ1v) is 7.87. The number of aryl methyl sites for hydroxylation is 4. The molecule has 2 heterocycles. The average Bonchev–Trinajstić information content (AvgIpc) is 2.76. The highest BCUT2D eigenvalue weighted by Gasteiger charge is 2.06. The van der Waals surface area contributed by atoms with E-state index < -0.39 is 0 Å². The van der Waals surface area contributed by atoms with Crippen molar-refractivity contribution in [3.8, 4) is 0 Å². The maximum Gasteiger partial charge on any atom is 0.328 e. The van der Waals surface area contributed by atoms with Gasteiger partial charge < -0.3 is 9.88 Å². The predicted molar refractivity (Wildman–Crippen MR) is 89.9 cm³/mol. The summed E-state index contributed by atoms with van der Waals surface area (Å²) in [4.78, 5) is 28.4. The Morgan fingerprint density at radius 2 is 1.87 bits per heavy atom. The van der Waals surface area contributed by atoms with Gasteiger partial charge in [-0.05, 0) is 46.9 Å². The molecule has 2 aromatic rings. The highest BCUT2D eigenvalue weighted by Crippen LogP contribution is 2.03. The van der Waals surface area contributed by atoms with E-state index in [1.54, 1.807) is 6.92 Å². The van der Waals surface area contributed by atoms with Crippen LogP contribution in [0.15, 0.2) is 21.7 Å². The van der Waals surface area contributed by atoms with E-state index in [2.05, 4.69) is 28.0 Å². The van der Waals surface area contributed by atoms with Gasteiger partial charge in [0, 0.05) is 37.1 Å². The summed E-state index contributed by atoms with van der Waals surface area (Å²) in [5.74, 6) is 0. The molecule has 0 aliphatic heterocycles. The van der Waals surface area contributed by atoms with Gasteiger partial charge in [0.15, 0.2) is 0 Å². The highest BCUT2D eigenvalue weighted by molar-refractivity contribution is 5.06. The number of hydrogen-bond donors (Lipinski definition) is 1.